The summed E-state index contributed by atoms with van der Waals surface area (Å²) < 4.78 is 7.89. The van der Waals surface area contributed by atoms with Gasteiger partial charge in [-0.25, -0.2) is 0 Å². The summed E-state index contributed by atoms with van der Waals surface area (Å²) >= 11 is 6.26. The molecule has 0 N–H and O–H groups in total. The Morgan fingerprint density at radius 2 is 1.91 bits per heavy atom. The Balaban J connectivity index is 0.00000216. The standard InChI is InChI=1S/C25H30ClN5O2.2ClH/c1-18(2)17-33-23-7-6-22(26)12-21(23)15-31-19(3)11-24(28-31)30-10-9-29(16-25(30)32)14-20-5-4-8-27-13-20;;/h4-8,11-13,18H,9-10,14-17H2,1-3H3;2*1H. The molecule has 0 aliphatic carbocycles. The van der Waals surface area contributed by atoms with Crippen LogP contribution in [-0.4, -0.2) is 51.8 Å². The number of amides is 1. The first kappa shape index (κ1) is 28.9. The molecule has 10 heteroatoms. The van der Waals surface area contributed by atoms with E-state index in [1.807, 2.05) is 54.2 Å². The quantitative estimate of drug-likeness (QED) is 0.402. The van der Waals surface area contributed by atoms with Gasteiger partial charge >= 0.3 is 0 Å². The maximum Gasteiger partial charge on any atom is 0.242 e. The van der Waals surface area contributed by atoms with E-state index in [4.69, 9.17) is 21.4 Å². The molecule has 190 valence electrons. The van der Waals surface area contributed by atoms with Crippen LogP contribution in [0.5, 0.6) is 5.75 Å². The molecule has 1 aromatic carbocycles. The van der Waals surface area contributed by atoms with Crippen LogP contribution in [0.4, 0.5) is 5.82 Å². The molecule has 0 radical (unpaired) electrons. The number of aromatic nitrogens is 3. The number of ether oxygens (including phenoxy) is 1. The summed E-state index contributed by atoms with van der Waals surface area (Å²) in [5.41, 5.74) is 3.05. The van der Waals surface area contributed by atoms with E-state index in [1.54, 1.807) is 11.1 Å². The van der Waals surface area contributed by atoms with Crippen LogP contribution in [0.3, 0.4) is 0 Å². The number of anilines is 1. The highest BCUT2D eigenvalue weighted by atomic mass is 35.5. The van der Waals surface area contributed by atoms with Gasteiger partial charge in [0, 0.05) is 54.4 Å². The highest BCUT2D eigenvalue weighted by Crippen LogP contribution is 2.26. The number of aryl methyl sites for hydroxylation is 1. The lowest BCUT2D eigenvalue weighted by Crippen LogP contribution is -2.50. The number of nitrogens with zero attached hydrogens (tertiary/aromatic N) is 5. The molecule has 0 atom stereocenters. The van der Waals surface area contributed by atoms with Crippen LogP contribution in [0.1, 0.15) is 30.7 Å². The monoisotopic (exact) mass is 539 g/mol. The highest BCUT2D eigenvalue weighted by Gasteiger charge is 2.27. The summed E-state index contributed by atoms with van der Waals surface area (Å²) in [4.78, 5) is 21.0. The molecule has 1 fully saturated rings. The van der Waals surface area contributed by atoms with E-state index >= 15 is 0 Å². The maximum atomic E-state index is 12.9. The first-order valence-electron chi connectivity index (χ1n) is 11.3. The number of benzene rings is 1. The number of rotatable bonds is 8. The zero-order valence-electron chi connectivity index (χ0n) is 20.2. The Kier molecular flexibility index (Phi) is 10.8. The predicted octanol–water partition coefficient (Wildman–Crippen LogP) is 5.02. The SMILES string of the molecule is Cc1cc(N2CCN(Cc3cccnc3)CC2=O)nn1Cc1cc(Cl)ccc1OCC(C)C.Cl.Cl. The zero-order valence-corrected chi connectivity index (χ0v) is 22.6. The molecule has 3 heterocycles. The molecule has 0 unspecified atom stereocenters. The molecule has 1 aliphatic rings. The molecule has 1 saturated heterocycles. The van der Waals surface area contributed by atoms with Crippen molar-refractivity contribution in [3.8, 4) is 5.75 Å². The molecule has 7 nitrogen and oxygen atoms in total. The van der Waals surface area contributed by atoms with Crippen molar-refractivity contribution in [1.82, 2.24) is 19.7 Å². The third kappa shape index (κ3) is 7.58. The van der Waals surface area contributed by atoms with Crippen molar-refractivity contribution < 1.29 is 9.53 Å². The number of piperazine rings is 1. The molecule has 1 aliphatic heterocycles. The van der Waals surface area contributed by atoms with Crippen LogP contribution in [-0.2, 0) is 17.9 Å². The van der Waals surface area contributed by atoms with Crippen LogP contribution in [0.2, 0.25) is 5.02 Å². The van der Waals surface area contributed by atoms with Crippen LogP contribution < -0.4 is 9.64 Å². The van der Waals surface area contributed by atoms with Crippen LogP contribution in [0.15, 0.2) is 48.8 Å². The van der Waals surface area contributed by atoms with E-state index in [9.17, 15) is 4.79 Å². The summed E-state index contributed by atoms with van der Waals surface area (Å²) in [7, 11) is 0. The fraction of sp³-hybridized carbons (Fsp3) is 0.400. The van der Waals surface area contributed by atoms with Gasteiger partial charge in [-0.3, -0.25) is 24.3 Å². The molecule has 0 saturated carbocycles. The topological polar surface area (TPSA) is 63.5 Å². The summed E-state index contributed by atoms with van der Waals surface area (Å²) in [6.45, 7) is 9.87. The second kappa shape index (κ2) is 13.1. The molecular formula is C25H32Cl3N5O2. The molecular weight excluding hydrogens is 509 g/mol. The van der Waals surface area contributed by atoms with Gasteiger partial charge in [-0.1, -0.05) is 31.5 Å². The van der Waals surface area contributed by atoms with Crippen molar-refractivity contribution in [2.75, 3.05) is 31.1 Å². The lowest BCUT2D eigenvalue weighted by molar-refractivity contribution is -0.121. The molecule has 0 spiro atoms. The molecule has 3 aromatic rings. The number of carbonyl (C=O) groups excluding carboxylic acids is 1. The number of pyridine rings is 1. The van der Waals surface area contributed by atoms with Crippen molar-refractivity contribution in [2.24, 2.45) is 5.92 Å². The van der Waals surface area contributed by atoms with E-state index < -0.39 is 0 Å². The van der Waals surface area contributed by atoms with Crippen molar-refractivity contribution in [1.29, 1.82) is 0 Å². The van der Waals surface area contributed by atoms with E-state index in [0.717, 1.165) is 35.7 Å². The van der Waals surface area contributed by atoms with Crippen molar-refractivity contribution >= 4 is 48.1 Å². The van der Waals surface area contributed by atoms with Crippen molar-refractivity contribution in [2.45, 2.75) is 33.9 Å². The van der Waals surface area contributed by atoms with Gasteiger partial charge in [0.2, 0.25) is 5.91 Å². The first-order valence-corrected chi connectivity index (χ1v) is 11.6. The van der Waals surface area contributed by atoms with Crippen molar-refractivity contribution in [3.63, 3.8) is 0 Å². The zero-order chi connectivity index (χ0) is 23.4. The lowest BCUT2D eigenvalue weighted by Gasteiger charge is -2.33. The first-order chi connectivity index (χ1) is 15.9. The van der Waals surface area contributed by atoms with Gasteiger partial charge in [0.1, 0.15) is 5.75 Å². The van der Waals surface area contributed by atoms with Gasteiger partial charge < -0.3 is 4.74 Å². The fourth-order valence-corrected chi connectivity index (χ4v) is 4.06. The average Bonchev–Trinajstić information content (AvgIpc) is 3.13. The number of carbonyl (C=O) groups is 1. The predicted molar refractivity (Wildman–Crippen MR) is 144 cm³/mol. The average molecular weight is 541 g/mol. The van der Waals surface area contributed by atoms with Crippen LogP contribution in [0, 0.1) is 12.8 Å². The Morgan fingerprint density at radius 1 is 1.11 bits per heavy atom. The van der Waals surface area contributed by atoms with E-state index in [0.29, 0.717) is 43.0 Å². The van der Waals surface area contributed by atoms with Crippen LogP contribution >= 0.6 is 36.4 Å². The highest BCUT2D eigenvalue weighted by molar-refractivity contribution is 6.30. The van der Waals surface area contributed by atoms with Gasteiger partial charge in [-0.2, -0.15) is 5.10 Å². The number of hydrogen-bond acceptors (Lipinski definition) is 5. The molecule has 1 amide bonds. The van der Waals surface area contributed by atoms with E-state index in [1.165, 1.54) is 0 Å². The number of hydrogen-bond donors (Lipinski definition) is 0. The summed E-state index contributed by atoms with van der Waals surface area (Å²) in [5, 5.41) is 5.41. The minimum Gasteiger partial charge on any atom is -0.493 e. The van der Waals surface area contributed by atoms with Gasteiger partial charge in [-0.05, 0) is 42.7 Å². The fourth-order valence-electron chi connectivity index (χ4n) is 3.86. The van der Waals surface area contributed by atoms with Gasteiger partial charge in [0.05, 0.1) is 19.7 Å². The normalized spacial score (nSPS) is 14.0. The Bertz CT molecular complexity index is 1110. The molecule has 35 heavy (non-hydrogen) atoms. The maximum absolute atomic E-state index is 12.9. The van der Waals surface area contributed by atoms with Crippen molar-refractivity contribution in [3.05, 3.63) is 70.6 Å². The largest absolute Gasteiger partial charge is 0.493 e. The second-order valence-corrected chi connectivity index (χ2v) is 9.31. The summed E-state index contributed by atoms with van der Waals surface area (Å²) in [5.74, 6) is 1.97. The molecule has 4 rings (SSSR count). The molecule has 2 aromatic heterocycles. The summed E-state index contributed by atoms with van der Waals surface area (Å²) in [6, 6.07) is 11.6. The Hall–Kier alpha value is -2.32. The van der Waals surface area contributed by atoms with Crippen LogP contribution in [0.25, 0.3) is 0 Å². The smallest absolute Gasteiger partial charge is 0.242 e. The molecule has 0 bridgehead atoms. The number of halogens is 3. The van der Waals surface area contributed by atoms with E-state index in [2.05, 4.69) is 23.7 Å². The van der Waals surface area contributed by atoms with E-state index in [-0.39, 0.29) is 30.7 Å². The lowest BCUT2D eigenvalue weighted by atomic mass is 10.2. The minimum absolute atomic E-state index is 0. The second-order valence-electron chi connectivity index (χ2n) is 8.88. The van der Waals surface area contributed by atoms with Gasteiger partial charge in [0.15, 0.2) is 5.82 Å². The Labute approximate surface area is 224 Å². The summed E-state index contributed by atoms with van der Waals surface area (Å²) in [6.07, 6.45) is 3.60. The third-order valence-corrected chi connectivity index (χ3v) is 5.82. The van der Waals surface area contributed by atoms with Gasteiger partial charge in [0.25, 0.3) is 0 Å². The Morgan fingerprint density at radius 3 is 2.60 bits per heavy atom. The third-order valence-electron chi connectivity index (χ3n) is 5.59. The van der Waals surface area contributed by atoms with Gasteiger partial charge in [-0.15, -0.1) is 24.8 Å². The minimum atomic E-state index is 0.